The van der Waals surface area contributed by atoms with Crippen molar-refractivity contribution in [2.75, 3.05) is 26.2 Å². The van der Waals surface area contributed by atoms with Crippen LogP contribution < -0.4 is 11.1 Å². The number of piperidine rings is 1. The molecule has 1 fully saturated rings. The number of nitrogens with zero attached hydrogens (tertiary/aromatic N) is 2. The number of hydrogen-bond donors (Lipinski definition) is 2. The number of sulfonamides is 1. The maximum atomic E-state index is 12.8. The van der Waals surface area contributed by atoms with Gasteiger partial charge in [-0.2, -0.15) is 4.31 Å². The SMILES string of the molecule is CC(CN)CNC(=O)c1cc(S(=O)(=O)N2CCCC(C)C2)cn1C.Cl. The Kier molecular flexibility index (Phi) is 7.92. The molecule has 2 rings (SSSR count). The summed E-state index contributed by atoms with van der Waals surface area (Å²) in [5.41, 5.74) is 5.88. The Bertz CT molecular complexity index is 690. The molecule has 1 saturated heterocycles. The number of halogens is 1. The lowest BCUT2D eigenvalue weighted by Gasteiger charge is -2.29. The number of nitrogens with one attached hydrogen (secondary N) is 1. The summed E-state index contributed by atoms with van der Waals surface area (Å²) < 4.78 is 28.7. The standard InChI is InChI=1S/C16H28N4O3S.ClH/c1-12-5-4-6-20(10-12)24(22,23)14-7-15(19(3)11-14)16(21)18-9-13(2)8-17;/h7,11-13H,4-6,8-10,17H2,1-3H3,(H,18,21);1H. The molecular weight excluding hydrogens is 364 g/mol. The summed E-state index contributed by atoms with van der Waals surface area (Å²) in [6.45, 7) is 6.03. The van der Waals surface area contributed by atoms with E-state index >= 15 is 0 Å². The minimum Gasteiger partial charge on any atom is -0.350 e. The van der Waals surface area contributed by atoms with Gasteiger partial charge in [-0.25, -0.2) is 8.42 Å². The number of nitrogens with two attached hydrogens (primary N) is 1. The maximum Gasteiger partial charge on any atom is 0.267 e. The van der Waals surface area contributed by atoms with Gasteiger partial charge in [-0.15, -0.1) is 12.4 Å². The fourth-order valence-corrected chi connectivity index (χ4v) is 4.53. The Morgan fingerprint density at radius 3 is 2.76 bits per heavy atom. The number of hydrogen-bond acceptors (Lipinski definition) is 4. The van der Waals surface area contributed by atoms with Crippen molar-refractivity contribution in [2.24, 2.45) is 24.6 Å². The van der Waals surface area contributed by atoms with Crippen LogP contribution in [-0.2, 0) is 17.1 Å². The van der Waals surface area contributed by atoms with E-state index in [4.69, 9.17) is 5.73 Å². The molecule has 0 bridgehead atoms. The number of aryl methyl sites for hydroxylation is 1. The first-order valence-electron chi connectivity index (χ1n) is 8.40. The molecule has 0 saturated carbocycles. The van der Waals surface area contributed by atoms with E-state index in [2.05, 4.69) is 12.2 Å². The molecule has 1 aromatic rings. The van der Waals surface area contributed by atoms with Crippen LogP contribution in [0.2, 0.25) is 0 Å². The highest BCUT2D eigenvalue weighted by molar-refractivity contribution is 7.89. The quantitative estimate of drug-likeness (QED) is 0.759. The van der Waals surface area contributed by atoms with Gasteiger partial charge < -0.3 is 15.6 Å². The summed E-state index contributed by atoms with van der Waals surface area (Å²) >= 11 is 0. The van der Waals surface area contributed by atoms with Gasteiger partial charge in [0.2, 0.25) is 10.0 Å². The molecule has 1 aliphatic heterocycles. The van der Waals surface area contributed by atoms with Crippen molar-refractivity contribution in [3.8, 4) is 0 Å². The summed E-state index contributed by atoms with van der Waals surface area (Å²) in [6, 6.07) is 1.46. The lowest BCUT2D eigenvalue weighted by molar-refractivity contribution is 0.0940. The molecule has 0 radical (unpaired) electrons. The minimum atomic E-state index is -3.55. The van der Waals surface area contributed by atoms with E-state index in [1.165, 1.54) is 16.6 Å². The smallest absolute Gasteiger partial charge is 0.267 e. The monoisotopic (exact) mass is 392 g/mol. The van der Waals surface area contributed by atoms with Gasteiger partial charge in [-0.3, -0.25) is 4.79 Å². The number of carbonyl (C=O) groups is 1. The molecule has 3 N–H and O–H groups in total. The second kappa shape index (κ2) is 9.02. The number of amides is 1. The average Bonchev–Trinajstić information content (AvgIpc) is 2.95. The van der Waals surface area contributed by atoms with Gasteiger partial charge in [0, 0.05) is 32.9 Å². The zero-order valence-corrected chi connectivity index (χ0v) is 16.7. The molecule has 25 heavy (non-hydrogen) atoms. The Hall–Kier alpha value is -1.09. The van der Waals surface area contributed by atoms with Gasteiger partial charge in [0.15, 0.2) is 0 Å². The zero-order chi connectivity index (χ0) is 17.9. The molecule has 9 heteroatoms. The summed E-state index contributed by atoms with van der Waals surface area (Å²) in [6.07, 6.45) is 3.43. The third-order valence-electron chi connectivity index (χ3n) is 4.48. The highest BCUT2D eigenvalue weighted by Crippen LogP contribution is 2.24. The van der Waals surface area contributed by atoms with Gasteiger partial charge in [0.25, 0.3) is 5.91 Å². The zero-order valence-electron chi connectivity index (χ0n) is 15.1. The van der Waals surface area contributed by atoms with Crippen LogP contribution in [0.1, 0.15) is 37.2 Å². The highest BCUT2D eigenvalue weighted by Gasteiger charge is 2.30. The molecule has 0 aliphatic carbocycles. The normalized spacial score (nSPS) is 19.9. The van der Waals surface area contributed by atoms with Crippen molar-refractivity contribution >= 4 is 28.3 Å². The molecule has 1 aliphatic rings. The summed E-state index contributed by atoms with van der Waals surface area (Å²) in [4.78, 5) is 12.5. The molecule has 0 spiro atoms. The minimum absolute atomic E-state index is 0. The molecule has 0 aromatic carbocycles. The fourth-order valence-electron chi connectivity index (χ4n) is 2.86. The van der Waals surface area contributed by atoms with E-state index in [9.17, 15) is 13.2 Å². The van der Waals surface area contributed by atoms with Gasteiger partial charge in [-0.1, -0.05) is 13.8 Å². The number of aromatic nitrogens is 1. The van der Waals surface area contributed by atoms with E-state index < -0.39 is 10.0 Å². The van der Waals surface area contributed by atoms with Crippen LogP contribution in [0.5, 0.6) is 0 Å². The third-order valence-corrected chi connectivity index (χ3v) is 6.31. The molecule has 144 valence electrons. The van der Waals surface area contributed by atoms with Gasteiger partial charge in [-0.05, 0) is 37.3 Å². The highest BCUT2D eigenvalue weighted by atomic mass is 35.5. The van der Waals surface area contributed by atoms with E-state index in [0.717, 1.165) is 12.8 Å². The molecule has 2 heterocycles. The Labute approximate surface area is 156 Å². The van der Waals surface area contributed by atoms with E-state index in [-0.39, 0.29) is 29.1 Å². The number of rotatable bonds is 6. The van der Waals surface area contributed by atoms with Gasteiger partial charge in [0.1, 0.15) is 10.6 Å². The van der Waals surface area contributed by atoms with E-state index in [0.29, 0.717) is 37.8 Å². The van der Waals surface area contributed by atoms with Crippen molar-refractivity contribution in [3.63, 3.8) is 0 Å². The van der Waals surface area contributed by atoms with Crippen LogP contribution in [0, 0.1) is 11.8 Å². The van der Waals surface area contributed by atoms with E-state index in [1.54, 1.807) is 11.6 Å². The fraction of sp³-hybridized carbons (Fsp3) is 0.688. The van der Waals surface area contributed by atoms with E-state index in [1.807, 2.05) is 6.92 Å². The van der Waals surface area contributed by atoms with Crippen LogP contribution in [-0.4, -0.2) is 49.4 Å². The molecule has 1 aromatic heterocycles. The lowest BCUT2D eigenvalue weighted by atomic mass is 10.0. The molecule has 2 atom stereocenters. The molecule has 2 unspecified atom stereocenters. The van der Waals surface area contributed by atoms with Crippen molar-refractivity contribution in [2.45, 2.75) is 31.6 Å². The van der Waals surface area contributed by atoms with Crippen molar-refractivity contribution in [1.82, 2.24) is 14.2 Å². The van der Waals surface area contributed by atoms with Crippen molar-refractivity contribution in [1.29, 1.82) is 0 Å². The van der Waals surface area contributed by atoms with Crippen LogP contribution in [0.4, 0.5) is 0 Å². The second-order valence-electron chi connectivity index (χ2n) is 6.83. The van der Waals surface area contributed by atoms with Crippen molar-refractivity contribution in [3.05, 3.63) is 18.0 Å². The van der Waals surface area contributed by atoms with Crippen LogP contribution >= 0.6 is 12.4 Å². The topological polar surface area (TPSA) is 97.4 Å². The van der Waals surface area contributed by atoms with Crippen LogP contribution in [0.15, 0.2) is 17.2 Å². The second-order valence-corrected chi connectivity index (χ2v) is 8.77. The predicted octanol–water partition coefficient (Wildman–Crippen LogP) is 1.19. The molecule has 1 amide bonds. The first kappa shape index (κ1) is 22.0. The average molecular weight is 393 g/mol. The number of carbonyl (C=O) groups excluding carboxylic acids is 1. The van der Waals surface area contributed by atoms with Crippen LogP contribution in [0.3, 0.4) is 0 Å². The molecular formula is C16H29ClN4O3S. The van der Waals surface area contributed by atoms with Gasteiger partial charge >= 0.3 is 0 Å². The van der Waals surface area contributed by atoms with Crippen LogP contribution in [0.25, 0.3) is 0 Å². The van der Waals surface area contributed by atoms with Crippen molar-refractivity contribution < 1.29 is 13.2 Å². The first-order chi connectivity index (χ1) is 11.3. The summed E-state index contributed by atoms with van der Waals surface area (Å²) in [7, 11) is -1.87. The third kappa shape index (κ3) is 5.20. The summed E-state index contributed by atoms with van der Waals surface area (Å²) in [5.74, 6) is 0.247. The summed E-state index contributed by atoms with van der Waals surface area (Å²) in [5, 5.41) is 2.79. The Morgan fingerprint density at radius 2 is 2.16 bits per heavy atom. The lowest BCUT2D eigenvalue weighted by Crippen LogP contribution is -2.38. The first-order valence-corrected chi connectivity index (χ1v) is 9.84. The predicted molar refractivity (Wildman–Crippen MR) is 100 cm³/mol. The Balaban J connectivity index is 0.00000312. The van der Waals surface area contributed by atoms with Gasteiger partial charge in [0.05, 0.1) is 0 Å². The Morgan fingerprint density at radius 1 is 1.48 bits per heavy atom. The largest absolute Gasteiger partial charge is 0.350 e. The molecule has 7 nitrogen and oxygen atoms in total. The maximum absolute atomic E-state index is 12.8.